The number of nitro groups is 1. The summed E-state index contributed by atoms with van der Waals surface area (Å²) >= 11 is 12.1. The second-order valence-electron chi connectivity index (χ2n) is 7.53. The Kier molecular flexibility index (Phi) is 6.79. The van der Waals surface area contributed by atoms with E-state index in [0.29, 0.717) is 60.5 Å². The molecule has 1 fully saturated rings. The van der Waals surface area contributed by atoms with Gasteiger partial charge >= 0.3 is 0 Å². The van der Waals surface area contributed by atoms with Crippen molar-refractivity contribution in [2.24, 2.45) is 0 Å². The molecule has 32 heavy (non-hydrogen) atoms. The smallest absolute Gasteiger partial charge is 0.270 e. The van der Waals surface area contributed by atoms with Crippen molar-refractivity contribution in [3.63, 3.8) is 0 Å². The van der Waals surface area contributed by atoms with Gasteiger partial charge in [-0.2, -0.15) is 0 Å². The zero-order valence-electron chi connectivity index (χ0n) is 17.1. The van der Waals surface area contributed by atoms with Gasteiger partial charge in [0.2, 0.25) is 0 Å². The number of benzene rings is 2. The fourth-order valence-electron chi connectivity index (χ4n) is 3.94. The summed E-state index contributed by atoms with van der Waals surface area (Å²) < 4.78 is 5.48. The Morgan fingerprint density at radius 2 is 1.88 bits per heavy atom. The Hall–Kier alpha value is -2.87. The largest absolute Gasteiger partial charge is 0.378 e. The van der Waals surface area contributed by atoms with E-state index in [-0.39, 0.29) is 11.6 Å². The van der Waals surface area contributed by atoms with Crippen molar-refractivity contribution in [1.82, 2.24) is 4.90 Å². The van der Waals surface area contributed by atoms with Gasteiger partial charge in [-0.05, 0) is 48.3 Å². The number of non-ortho nitro benzene ring substituents is 1. The lowest BCUT2D eigenvalue weighted by molar-refractivity contribution is -0.384. The Labute approximate surface area is 195 Å². The lowest BCUT2D eigenvalue weighted by atomic mass is 10.1. The first-order chi connectivity index (χ1) is 15.4. The molecule has 2 aromatic carbocycles. The molecule has 1 aliphatic carbocycles. The second kappa shape index (κ2) is 9.73. The van der Waals surface area contributed by atoms with Gasteiger partial charge in [0.1, 0.15) is 0 Å². The Balaban J connectivity index is 1.68. The monoisotopic (exact) mass is 473 g/mol. The molecule has 166 valence electrons. The molecule has 1 aliphatic heterocycles. The molecular weight excluding hydrogens is 453 g/mol. The summed E-state index contributed by atoms with van der Waals surface area (Å²) in [6.45, 7) is 2.50. The maximum absolute atomic E-state index is 13.2. The average Bonchev–Trinajstić information content (AvgIpc) is 3.20. The van der Waals surface area contributed by atoms with E-state index >= 15 is 0 Å². The number of hydrogen-bond donors (Lipinski definition) is 1. The number of nitrogens with zero attached hydrogens (tertiary/aromatic N) is 2. The van der Waals surface area contributed by atoms with Crippen molar-refractivity contribution >= 4 is 46.6 Å². The summed E-state index contributed by atoms with van der Waals surface area (Å²) in [6.07, 6.45) is 3.16. The number of anilines is 1. The van der Waals surface area contributed by atoms with E-state index < -0.39 is 4.92 Å². The van der Waals surface area contributed by atoms with Crippen molar-refractivity contribution in [3.05, 3.63) is 85.0 Å². The molecule has 0 spiro atoms. The van der Waals surface area contributed by atoms with Crippen LogP contribution in [0.15, 0.2) is 59.3 Å². The van der Waals surface area contributed by atoms with E-state index in [4.69, 9.17) is 27.9 Å². The van der Waals surface area contributed by atoms with Crippen LogP contribution < -0.4 is 5.32 Å². The number of nitro benzene ring substituents is 1. The molecule has 9 heteroatoms. The van der Waals surface area contributed by atoms with Crippen LogP contribution in [-0.2, 0) is 9.53 Å². The molecule has 1 heterocycles. The van der Waals surface area contributed by atoms with Crippen molar-refractivity contribution in [2.75, 3.05) is 31.6 Å². The fraction of sp³-hybridized carbons (Fsp3) is 0.261. The SMILES string of the molecule is O=C(Nc1ccc(Cl)c(Cl)c1)C1=C(N2CCOCC2)/C(=C/c2cccc([N+](=O)[O-])c2)CC1. The molecule has 7 nitrogen and oxygen atoms in total. The predicted molar refractivity (Wildman–Crippen MR) is 125 cm³/mol. The van der Waals surface area contributed by atoms with Crippen LogP contribution in [0, 0.1) is 10.1 Å². The number of ether oxygens (including phenoxy) is 1. The Morgan fingerprint density at radius 3 is 2.59 bits per heavy atom. The van der Waals surface area contributed by atoms with Gasteiger partial charge in [0.15, 0.2) is 0 Å². The van der Waals surface area contributed by atoms with Gasteiger partial charge in [0.05, 0.1) is 28.2 Å². The fourth-order valence-corrected chi connectivity index (χ4v) is 4.24. The van der Waals surface area contributed by atoms with Crippen LogP contribution in [0.3, 0.4) is 0 Å². The van der Waals surface area contributed by atoms with Crippen LogP contribution in [0.25, 0.3) is 6.08 Å². The van der Waals surface area contributed by atoms with Crippen LogP contribution in [0.5, 0.6) is 0 Å². The number of hydrogen-bond acceptors (Lipinski definition) is 5. The number of halogens is 2. The summed E-state index contributed by atoms with van der Waals surface area (Å²) in [6, 6.07) is 11.4. The third-order valence-electron chi connectivity index (χ3n) is 5.44. The van der Waals surface area contributed by atoms with Crippen LogP contribution in [0.4, 0.5) is 11.4 Å². The molecule has 4 rings (SSSR count). The molecule has 1 saturated heterocycles. The van der Waals surface area contributed by atoms with Crippen LogP contribution in [0.1, 0.15) is 18.4 Å². The van der Waals surface area contributed by atoms with Crippen molar-refractivity contribution in [1.29, 1.82) is 0 Å². The molecule has 0 radical (unpaired) electrons. The average molecular weight is 474 g/mol. The van der Waals surface area contributed by atoms with Gasteiger partial charge in [-0.3, -0.25) is 14.9 Å². The number of rotatable bonds is 5. The Morgan fingerprint density at radius 1 is 1.09 bits per heavy atom. The van der Waals surface area contributed by atoms with E-state index in [1.165, 1.54) is 12.1 Å². The molecular formula is C23H21Cl2N3O4. The van der Waals surface area contributed by atoms with Gasteiger partial charge in [0.25, 0.3) is 11.6 Å². The van der Waals surface area contributed by atoms with E-state index in [1.807, 2.05) is 12.1 Å². The number of amides is 1. The predicted octanol–water partition coefficient (Wildman–Crippen LogP) is 5.30. The number of carbonyl (C=O) groups is 1. The topological polar surface area (TPSA) is 84.7 Å². The maximum Gasteiger partial charge on any atom is 0.270 e. The van der Waals surface area contributed by atoms with Crippen LogP contribution >= 0.6 is 23.2 Å². The van der Waals surface area contributed by atoms with E-state index in [2.05, 4.69) is 10.2 Å². The number of morpholine rings is 1. The molecule has 0 saturated carbocycles. The lowest BCUT2D eigenvalue weighted by Gasteiger charge is -2.31. The first-order valence-corrected chi connectivity index (χ1v) is 11.0. The van der Waals surface area contributed by atoms with Crippen molar-refractivity contribution in [3.8, 4) is 0 Å². The van der Waals surface area contributed by atoms with E-state index in [1.54, 1.807) is 24.3 Å². The van der Waals surface area contributed by atoms with Gasteiger partial charge in [0, 0.05) is 42.2 Å². The normalized spacial score (nSPS) is 17.7. The molecule has 1 N–H and O–H groups in total. The second-order valence-corrected chi connectivity index (χ2v) is 8.35. The number of allylic oxidation sites excluding steroid dienone is 1. The lowest BCUT2D eigenvalue weighted by Crippen LogP contribution is -2.36. The highest BCUT2D eigenvalue weighted by Gasteiger charge is 2.30. The van der Waals surface area contributed by atoms with Crippen molar-refractivity contribution < 1.29 is 14.5 Å². The first-order valence-electron chi connectivity index (χ1n) is 10.2. The minimum absolute atomic E-state index is 0.0341. The summed E-state index contributed by atoms with van der Waals surface area (Å²) in [5.74, 6) is -0.202. The highest BCUT2D eigenvalue weighted by molar-refractivity contribution is 6.42. The molecule has 2 aliphatic rings. The molecule has 0 bridgehead atoms. The molecule has 1 amide bonds. The standard InChI is InChI=1S/C23H21Cl2N3O4/c24-20-7-5-17(14-21(20)25)26-23(29)19-6-4-16(22(19)27-8-10-32-11-9-27)12-15-2-1-3-18(13-15)28(30)31/h1-3,5,7,12-14H,4,6,8-11H2,(H,26,29)/b16-12+. The number of carbonyl (C=O) groups excluding carboxylic acids is 1. The van der Waals surface area contributed by atoms with Gasteiger partial charge < -0.3 is 15.0 Å². The summed E-state index contributed by atoms with van der Waals surface area (Å²) in [5, 5.41) is 14.8. The zero-order valence-corrected chi connectivity index (χ0v) is 18.7. The molecule has 0 aromatic heterocycles. The number of nitrogens with one attached hydrogen (secondary N) is 1. The zero-order chi connectivity index (χ0) is 22.7. The summed E-state index contributed by atoms with van der Waals surface area (Å²) in [5.41, 5.74) is 3.85. The quantitative estimate of drug-likeness (QED) is 0.470. The summed E-state index contributed by atoms with van der Waals surface area (Å²) in [7, 11) is 0. The minimum atomic E-state index is -0.411. The van der Waals surface area contributed by atoms with E-state index in [9.17, 15) is 14.9 Å². The molecule has 0 atom stereocenters. The third kappa shape index (κ3) is 4.96. The van der Waals surface area contributed by atoms with Gasteiger partial charge in [-0.15, -0.1) is 0 Å². The van der Waals surface area contributed by atoms with E-state index in [0.717, 1.165) is 16.8 Å². The van der Waals surface area contributed by atoms with Gasteiger partial charge in [-0.25, -0.2) is 0 Å². The minimum Gasteiger partial charge on any atom is -0.378 e. The third-order valence-corrected chi connectivity index (χ3v) is 6.17. The molecule has 0 unspecified atom stereocenters. The highest BCUT2D eigenvalue weighted by Crippen LogP contribution is 2.37. The van der Waals surface area contributed by atoms with Gasteiger partial charge in [-0.1, -0.05) is 35.3 Å². The van der Waals surface area contributed by atoms with Crippen LogP contribution in [0.2, 0.25) is 10.0 Å². The Bertz CT molecular complexity index is 1120. The highest BCUT2D eigenvalue weighted by atomic mass is 35.5. The first kappa shape index (κ1) is 22.3. The van der Waals surface area contributed by atoms with Crippen LogP contribution in [-0.4, -0.2) is 42.0 Å². The van der Waals surface area contributed by atoms with Crippen molar-refractivity contribution in [2.45, 2.75) is 12.8 Å². The maximum atomic E-state index is 13.2. The summed E-state index contributed by atoms with van der Waals surface area (Å²) in [4.78, 5) is 26.1. The molecule has 2 aromatic rings.